The van der Waals surface area contributed by atoms with Crippen LogP contribution in [0.25, 0.3) is 0 Å². The summed E-state index contributed by atoms with van der Waals surface area (Å²) in [5, 5.41) is 11.7. The topological polar surface area (TPSA) is 96.5 Å². The lowest BCUT2D eigenvalue weighted by atomic mass is 9.69. The Bertz CT molecular complexity index is 1010. The number of nitrogens with zero attached hydrogens (tertiary/aromatic N) is 2. The van der Waals surface area contributed by atoms with Gasteiger partial charge in [-0.05, 0) is 63.1 Å². The van der Waals surface area contributed by atoms with Gasteiger partial charge in [-0.1, -0.05) is 12.1 Å². The lowest BCUT2D eigenvalue weighted by Crippen LogP contribution is -2.50. The minimum Gasteiger partial charge on any atom is -0.376 e. The molecule has 0 saturated heterocycles. The maximum Gasteiger partial charge on any atom is 0.421 e. The van der Waals surface area contributed by atoms with E-state index in [9.17, 15) is 27.9 Å². The van der Waals surface area contributed by atoms with E-state index in [1.54, 1.807) is 5.51 Å². The molecule has 0 spiro atoms. The first kappa shape index (κ1) is 23.7. The minimum atomic E-state index is -4.83. The third kappa shape index (κ3) is 4.26. The van der Waals surface area contributed by atoms with E-state index in [2.05, 4.69) is 4.98 Å². The van der Waals surface area contributed by atoms with Gasteiger partial charge in [0.05, 0.1) is 16.6 Å². The lowest BCUT2D eigenvalue weighted by molar-refractivity contribution is -0.258. The third-order valence-electron chi connectivity index (χ3n) is 7.02. The van der Waals surface area contributed by atoms with Crippen molar-refractivity contribution in [2.45, 2.75) is 74.7 Å². The quantitative estimate of drug-likeness (QED) is 0.654. The Morgan fingerprint density at radius 3 is 2.15 bits per heavy atom. The van der Waals surface area contributed by atoms with Crippen molar-refractivity contribution in [3.8, 4) is 0 Å². The van der Waals surface area contributed by atoms with Crippen molar-refractivity contribution >= 4 is 23.2 Å². The van der Waals surface area contributed by atoms with Crippen LogP contribution in [0, 0.1) is 0 Å². The van der Waals surface area contributed by atoms with Crippen LogP contribution in [0.15, 0.2) is 35.2 Å². The van der Waals surface area contributed by atoms with Gasteiger partial charge < -0.3 is 15.7 Å². The number of benzene rings is 1. The highest BCUT2D eigenvalue weighted by Gasteiger charge is 2.51. The zero-order chi connectivity index (χ0) is 24.0. The van der Waals surface area contributed by atoms with Gasteiger partial charge in [0.15, 0.2) is 5.60 Å². The Morgan fingerprint density at radius 2 is 1.70 bits per heavy atom. The molecule has 2 aliphatic rings. The van der Waals surface area contributed by atoms with E-state index in [0.717, 1.165) is 25.0 Å². The predicted octanol–water partition coefficient (Wildman–Crippen LogP) is 3.88. The Balaban J connectivity index is 1.52. The Labute approximate surface area is 193 Å². The first-order valence-electron chi connectivity index (χ1n) is 10.9. The molecule has 6 nitrogen and oxygen atoms in total. The summed E-state index contributed by atoms with van der Waals surface area (Å²) in [7, 11) is 0. The number of carbonyl (C=O) groups excluding carboxylic acids is 2. The van der Waals surface area contributed by atoms with Gasteiger partial charge in [-0.15, -0.1) is 11.3 Å². The maximum atomic E-state index is 13.3. The summed E-state index contributed by atoms with van der Waals surface area (Å²) in [6.45, 7) is 0.690. The van der Waals surface area contributed by atoms with Crippen molar-refractivity contribution in [2.24, 2.45) is 5.73 Å². The van der Waals surface area contributed by atoms with Crippen LogP contribution in [0.3, 0.4) is 0 Å². The second-order valence-electron chi connectivity index (χ2n) is 9.14. The number of aliphatic hydroxyl groups is 1. The number of amides is 2. The second-order valence-corrected chi connectivity index (χ2v) is 9.86. The zero-order valence-electron chi connectivity index (χ0n) is 18.1. The zero-order valence-corrected chi connectivity index (χ0v) is 19.0. The molecular weight excluding hydrogens is 455 g/mol. The van der Waals surface area contributed by atoms with Gasteiger partial charge in [-0.25, -0.2) is 4.98 Å². The number of halogens is 3. The molecule has 3 N–H and O–H groups in total. The Kier molecular flexibility index (Phi) is 6.03. The molecule has 4 rings (SSSR count). The second kappa shape index (κ2) is 8.39. The highest BCUT2D eigenvalue weighted by atomic mass is 32.1. The predicted molar refractivity (Wildman–Crippen MR) is 117 cm³/mol. The van der Waals surface area contributed by atoms with Gasteiger partial charge >= 0.3 is 6.18 Å². The summed E-state index contributed by atoms with van der Waals surface area (Å²) in [6, 6.07) is 4.95. The number of hydrogen-bond donors (Lipinski definition) is 2. The average molecular weight is 482 g/mol. The van der Waals surface area contributed by atoms with Crippen LogP contribution in [0.1, 0.15) is 67.1 Å². The van der Waals surface area contributed by atoms with E-state index in [1.807, 2.05) is 10.3 Å². The normalized spacial score (nSPS) is 25.3. The summed E-state index contributed by atoms with van der Waals surface area (Å²) in [5.74, 6) is -0.663. The molecule has 178 valence electrons. The summed E-state index contributed by atoms with van der Waals surface area (Å²) >= 11 is 1.41. The van der Waals surface area contributed by atoms with Crippen molar-refractivity contribution < 1.29 is 27.9 Å². The van der Waals surface area contributed by atoms with Gasteiger partial charge in [-0.3, -0.25) is 9.59 Å². The fourth-order valence-corrected chi connectivity index (χ4v) is 5.33. The number of nitrogens with two attached hydrogens (primary N) is 1. The van der Waals surface area contributed by atoms with Crippen LogP contribution in [0.2, 0.25) is 0 Å². The molecule has 33 heavy (non-hydrogen) atoms. The van der Waals surface area contributed by atoms with Crippen molar-refractivity contribution in [1.29, 1.82) is 0 Å². The van der Waals surface area contributed by atoms with Crippen molar-refractivity contribution in [3.05, 3.63) is 52.0 Å². The molecule has 0 aliphatic heterocycles. The first-order valence-corrected chi connectivity index (χ1v) is 11.8. The highest BCUT2D eigenvalue weighted by Crippen LogP contribution is 2.43. The molecule has 10 heteroatoms. The molecule has 1 aromatic carbocycles. The summed E-state index contributed by atoms with van der Waals surface area (Å²) in [6.07, 6.45) is -0.939. The van der Waals surface area contributed by atoms with E-state index in [-0.39, 0.29) is 29.1 Å². The molecule has 1 atom stereocenters. The smallest absolute Gasteiger partial charge is 0.376 e. The maximum absolute atomic E-state index is 13.3. The third-order valence-corrected chi connectivity index (χ3v) is 7.60. The number of primary amides is 1. The highest BCUT2D eigenvalue weighted by molar-refractivity contribution is 7.07. The molecule has 1 aromatic heterocycles. The molecule has 2 amide bonds. The van der Waals surface area contributed by atoms with Crippen LogP contribution >= 0.6 is 11.3 Å². The van der Waals surface area contributed by atoms with Gasteiger partial charge in [0.2, 0.25) is 5.91 Å². The van der Waals surface area contributed by atoms with Gasteiger partial charge in [0, 0.05) is 23.0 Å². The lowest BCUT2D eigenvalue weighted by Gasteiger charge is -2.41. The molecular formula is C23H26F3N3O3S. The standard InChI is InChI=1S/C23H26F3N3O3S/c1-21(32,23(24,25)26)15-4-2-14(3-5-15)19(30)29(16-6-7-16)17-8-10-22(11-9-17,20(27)31)18-12-33-13-28-18/h2-5,12-13,16-17,32H,6-11H2,1H3,(H2,27,31)/t17-,21-,22-/m0/s1. The number of alkyl halides is 3. The van der Waals surface area contributed by atoms with Crippen molar-refractivity contribution in [2.75, 3.05) is 0 Å². The van der Waals surface area contributed by atoms with Crippen molar-refractivity contribution in [1.82, 2.24) is 9.88 Å². The van der Waals surface area contributed by atoms with E-state index in [0.29, 0.717) is 38.3 Å². The number of thiazole rings is 1. The molecule has 0 bridgehead atoms. The average Bonchev–Trinajstić information content (AvgIpc) is 3.44. The Hall–Kier alpha value is -2.46. The molecule has 0 radical (unpaired) electrons. The van der Waals surface area contributed by atoms with Gasteiger partial charge in [0.1, 0.15) is 0 Å². The molecule has 2 saturated carbocycles. The first-order chi connectivity index (χ1) is 15.5. The fraction of sp³-hybridized carbons (Fsp3) is 0.522. The van der Waals surface area contributed by atoms with Crippen LogP contribution < -0.4 is 5.73 Å². The molecule has 0 unspecified atom stereocenters. The number of rotatable bonds is 6. The van der Waals surface area contributed by atoms with Crippen molar-refractivity contribution in [3.63, 3.8) is 0 Å². The van der Waals surface area contributed by atoms with Crippen LogP contribution in [-0.4, -0.2) is 45.1 Å². The fourth-order valence-electron chi connectivity index (χ4n) is 4.68. The largest absolute Gasteiger partial charge is 0.421 e. The summed E-state index contributed by atoms with van der Waals surface area (Å²) in [5.41, 5.74) is 4.23. The number of carbonyl (C=O) groups is 2. The van der Waals surface area contributed by atoms with E-state index >= 15 is 0 Å². The van der Waals surface area contributed by atoms with E-state index in [1.165, 1.54) is 23.5 Å². The summed E-state index contributed by atoms with van der Waals surface area (Å²) < 4.78 is 39.4. The van der Waals surface area contributed by atoms with Crippen LogP contribution in [-0.2, 0) is 15.8 Å². The van der Waals surface area contributed by atoms with Crippen LogP contribution in [0.4, 0.5) is 13.2 Å². The monoisotopic (exact) mass is 481 g/mol. The van der Waals surface area contributed by atoms with Gasteiger partial charge in [-0.2, -0.15) is 13.2 Å². The Morgan fingerprint density at radius 1 is 1.12 bits per heavy atom. The minimum absolute atomic E-state index is 0.0841. The molecule has 2 fully saturated rings. The molecule has 1 heterocycles. The van der Waals surface area contributed by atoms with E-state index < -0.39 is 23.1 Å². The number of hydrogen-bond acceptors (Lipinski definition) is 5. The van der Waals surface area contributed by atoms with Crippen LogP contribution in [0.5, 0.6) is 0 Å². The molecule has 2 aliphatic carbocycles. The molecule has 2 aromatic rings. The SMILES string of the molecule is C[C@](O)(c1ccc(C(=O)N(C2CC2)[C@H]2CC[C@@](C(N)=O)(c3cscn3)CC2)cc1)C(F)(F)F. The summed E-state index contributed by atoms with van der Waals surface area (Å²) in [4.78, 5) is 31.8. The number of aromatic nitrogens is 1. The van der Waals surface area contributed by atoms with E-state index in [4.69, 9.17) is 5.73 Å². The van der Waals surface area contributed by atoms with Gasteiger partial charge in [0.25, 0.3) is 5.91 Å².